The van der Waals surface area contributed by atoms with Crippen LogP contribution >= 0.6 is 0 Å². The Bertz CT molecular complexity index is 417. The quantitative estimate of drug-likeness (QED) is 0.884. The first kappa shape index (κ1) is 14.4. The van der Waals surface area contributed by atoms with Crippen LogP contribution in [0.4, 0.5) is 0 Å². The Hall–Kier alpha value is -1.02. The molecule has 1 fully saturated rings. The van der Waals surface area contributed by atoms with Gasteiger partial charge >= 0.3 is 0 Å². The lowest BCUT2D eigenvalue weighted by atomic mass is 9.82. The summed E-state index contributed by atoms with van der Waals surface area (Å²) in [6.45, 7) is 8.77. The van der Waals surface area contributed by atoms with Crippen molar-refractivity contribution in [2.45, 2.75) is 59.1 Å². The smallest absolute Gasteiger partial charge is 0.124 e. The minimum atomic E-state index is 0.0223. The molecule has 0 heterocycles. The van der Waals surface area contributed by atoms with Gasteiger partial charge in [0.05, 0.1) is 6.10 Å². The van der Waals surface area contributed by atoms with Gasteiger partial charge in [0.15, 0.2) is 0 Å². The Morgan fingerprint density at radius 2 is 1.79 bits per heavy atom. The van der Waals surface area contributed by atoms with Gasteiger partial charge in [0.25, 0.3) is 0 Å². The minimum absolute atomic E-state index is 0.0223. The third-order valence-corrected chi connectivity index (χ3v) is 4.09. The molecule has 0 bridgehead atoms. The van der Waals surface area contributed by atoms with E-state index < -0.39 is 0 Å². The number of rotatable bonds is 3. The van der Waals surface area contributed by atoms with Crippen LogP contribution in [-0.2, 0) is 0 Å². The largest absolute Gasteiger partial charge is 0.490 e. The van der Waals surface area contributed by atoms with Crippen molar-refractivity contribution in [2.24, 2.45) is 17.6 Å². The Balaban J connectivity index is 2.15. The molecule has 1 aromatic carbocycles. The third kappa shape index (κ3) is 3.73. The third-order valence-electron chi connectivity index (χ3n) is 4.09. The van der Waals surface area contributed by atoms with E-state index in [1.807, 2.05) is 6.92 Å². The summed E-state index contributed by atoms with van der Waals surface area (Å²) in [6, 6.07) is 6.36. The van der Waals surface area contributed by atoms with E-state index in [4.69, 9.17) is 10.5 Å². The maximum absolute atomic E-state index is 6.29. The van der Waals surface area contributed by atoms with Crippen molar-refractivity contribution in [3.8, 4) is 5.75 Å². The summed E-state index contributed by atoms with van der Waals surface area (Å²) in [5.41, 5.74) is 8.40. The fourth-order valence-corrected chi connectivity index (χ4v) is 3.27. The molecular formula is C17H27NO. The van der Waals surface area contributed by atoms with E-state index in [9.17, 15) is 0 Å². The molecular weight excluding hydrogens is 234 g/mol. The molecule has 0 saturated heterocycles. The summed E-state index contributed by atoms with van der Waals surface area (Å²) in [5.74, 6) is 2.51. The summed E-state index contributed by atoms with van der Waals surface area (Å²) in [7, 11) is 0. The molecule has 0 radical (unpaired) electrons. The zero-order chi connectivity index (χ0) is 14.0. The number of aryl methyl sites for hydroxylation is 1. The van der Waals surface area contributed by atoms with Gasteiger partial charge in [-0.25, -0.2) is 0 Å². The fourth-order valence-electron chi connectivity index (χ4n) is 3.27. The monoisotopic (exact) mass is 261 g/mol. The normalized spacial score (nSPS) is 29.0. The lowest BCUT2D eigenvalue weighted by Gasteiger charge is -2.32. The second kappa shape index (κ2) is 5.96. The molecule has 1 aliphatic rings. The Kier molecular flexibility index (Phi) is 4.51. The van der Waals surface area contributed by atoms with Crippen LogP contribution in [0.1, 0.15) is 57.2 Å². The molecule has 3 atom stereocenters. The molecule has 2 unspecified atom stereocenters. The van der Waals surface area contributed by atoms with E-state index in [1.165, 1.54) is 12.0 Å². The van der Waals surface area contributed by atoms with E-state index >= 15 is 0 Å². The van der Waals surface area contributed by atoms with Crippen LogP contribution in [0.15, 0.2) is 18.2 Å². The van der Waals surface area contributed by atoms with Crippen LogP contribution in [0.3, 0.4) is 0 Å². The molecule has 19 heavy (non-hydrogen) atoms. The molecule has 1 saturated carbocycles. The van der Waals surface area contributed by atoms with Crippen molar-refractivity contribution >= 4 is 0 Å². The van der Waals surface area contributed by atoms with Gasteiger partial charge in [0.2, 0.25) is 0 Å². The van der Waals surface area contributed by atoms with Crippen LogP contribution in [-0.4, -0.2) is 6.10 Å². The van der Waals surface area contributed by atoms with Crippen LogP contribution in [0.25, 0.3) is 0 Å². The first-order chi connectivity index (χ1) is 8.95. The minimum Gasteiger partial charge on any atom is -0.490 e. The van der Waals surface area contributed by atoms with Gasteiger partial charge in [-0.3, -0.25) is 0 Å². The summed E-state index contributed by atoms with van der Waals surface area (Å²) in [5, 5.41) is 0. The van der Waals surface area contributed by atoms with Crippen molar-refractivity contribution in [1.82, 2.24) is 0 Å². The topological polar surface area (TPSA) is 35.2 Å². The Morgan fingerprint density at radius 1 is 1.16 bits per heavy atom. The molecule has 1 aromatic rings. The number of nitrogens with two attached hydrogens (primary N) is 1. The summed E-state index contributed by atoms with van der Waals surface area (Å²) in [4.78, 5) is 0. The van der Waals surface area contributed by atoms with Gasteiger partial charge in [-0.2, -0.15) is 0 Å². The lowest BCUT2D eigenvalue weighted by Crippen LogP contribution is -2.29. The van der Waals surface area contributed by atoms with Gasteiger partial charge in [0.1, 0.15) is 5.75 Å². The number of ether oxygens (including phenoxy) is 1. The predicted octanol–water partition coefficient (Wildman–Crippen LogP) is 4.22. The van der Waals surface area contributed by atoms with E-state index in [-0.39, 0.29) is 6.04 Å². The van der Waals surface area contributed by atoms with Crippen molar-refractivity contribution in [2.75, 3.05) is 0 Å². The van der Waals surface area contributed by atoms with E-state index in [2.05, 4.69) is 39.0 Å². The Labute approximate surface area is 117 Å². The highest BCUT2D eigenvalue weighted by atomic mass is 16.5. The van der Waals surface area contributed by atoms with Gasteiger partial charge in [-0.05, 0) is 56.6 Å². The second-order valence-corrected chi connectivity index (χ2v) is 6.49. The van der Waals surface area contributed by atoms with Crippen molar-refractivity contribution < 1.29 is 4.74 Å². The van der Waals surface area contributed by atoms with Crippen molar-refractivity contribution in [3.05, 3.63) is 29.3 Å². The van der Waals surface area contributed by atoms with Gasteiger partial charge in [0, 0.05) is 11.6 Å². The summed E-state index contributed by atoms with van der Waals surface area (Å²) in [6.07, 6.45) is 4.00. The molecule has 106 valence electrons. The molecule has 2 nitrogen and oxygen atoms in total. The van der Waals surface area contributed by atoms with Crippen LogP contribution < -0.4 is 10.5 Å². The zero-order valence-electron chi connectivity index (χ0n) is 12.6. The number of hydrogen-bond acceptors (Lipinski definition) is 2. The van der Waals surface area contributed by atoms with Crippen LogP contribution in [0.2, 0.25) is 0 Å². The van der Waals surface area contributed by atoms with Crippen LogP contribution in [0, 0.1) is 18.8 Å². The first-order valence-electron chi connectivity index (χ1n) is 7.48. The van der Waals surface area contributed by atoms with Crippen molar-refractivity contribution in [1.29, 1.82) is 0 Å². The molecule has 0 amide bonds. The molecule has 2 heteroatoms. The van der Waals surface area contributed by atoms with Crippen molar-refractivity contribution in [3.63, 3.8) is 0 Å². The highest BCUT2D eigenvalue weighted by Gasteiger charge is 2.26. The maximum atomic E-state index is 6.29. The van der Waals surface area contributed by atoms with Gasteiger partial charge < -0.3 is 10.5 Å². The lowest BCUT2D eigenvalue weighted by molar-refractivity contribution is 0.0997. The standard InChI is InChI=1S/C17H27NO/c1-11-5-6-16(14(4)18)17(10-11)19-15-8-12(2)7-13(3)9-15/h5-6,10,12-15H,7-9,18H2,1-4H3/t12?,13?,14-,15?/m1/s1. The Morgan fingerprint density at radius 3 is 2.37 bits per heavy atom. The summed E-state index contributed by atoms with van der Waals surface area (Å²) >= 11 is 0. The average molecular weight is 261 g/mol. The molecule has 0 aromatic heterocycles. The number of benzene rings is 1. The van der Waals surface area contributed by atoms with Crippen LogP contribution in [0.5, 0.6) is 5.75 Å². The predicted molar refractivity (Wildman–Crippen MR) is 80.4 cm³/mol. The number of hydrogen-bond donors (Lipinski definition) is 1. The fraction of sp³-hybridized carbons (Fsp3) is 0.647. The molecule has 0 aliphatic heterocycles. The second-order valence-electron chi connectivity index (χ2n) is 6.49. The SMILES string of the molecule is Cc1ccc([C@@H](C)N)c(OC2CC(C)CC(C)C2)c1. The molecule has 1 aliphatic carbocycles. The molecule has 0 spiro atoms. The highest BCUT2D eigenvalue weighted by molar-refractivity contribution is 5.39. The molecule has 2 N–H and O–H groups in total. The van der Waals surface area contributed by atoms with Gasteiger partial charge in [-0.1, -0.05) is 26.0 Å². The van der Waals surface area contributed by atoms with E-state index in [0.717, 1.165) is 36.0 Å². The molecule has 2 rings (SSSR count). The first-order valence-corrected chi connectivity index (χ1v) is 7.48. The average Bonchev–Trinajstić information content (AvgIpc) is 2.26. The zero-order valence-corrected chi connectivity index (χ0v) is 12.6. The van der Waals surface area contributed by atoms with E-state index in [0.29, 0.717) is 6.10 Å². The van der Waals surface area contributed by atoms with Gasteiger partial charge in [-0.15, -0.1) is 0 Å². The maximum Gasteiger partial charge on any atom is 0.124 e. The summed E-state index contributed by atoms with van der Waals surface area (Å²) < 4.78 is 6.29. The van der Waals surface area contributed by atoms with E-state index in [1.54, 1.807) is 0 Å². The highest BCUT2D eigenvalue weighted by Crippen LogP contribution is 2.33.